The van der Waals surface area contributed by atoms with Gasteiger partial charge in [-0.05, 0) is 36.8 Å². The molecule has 3 rings (SSSR count). The van der Waals surface area contributed by atoms with Crippen molar-refractivity contribution in [2.45, 2.75) is 13.0 Å². The highest BCUT2D eigenvalue weighted by Gasteiger charge is 2.12. The van der Waals surface area contributed by atoms with Gasteiger partial charge in [-0.1, -0.05) is 18.2 Å². The summed E-state index contributed by atoms with van der Waals surface area (Å²) in [6, 6.07) is 13.3. The lowest BCUT2D eigenvalue weighted by Crippen LogP contribution is -2.06. The number of nitrogens with two attached hydrogens (primary N) is 2. The number of nitrogens with zero attached hydrogens (tertiary/aromatic N) is 2. The lowest BCUT2D eigenvalue weighted by Gasteiger charge is -2.17. The van der Waals surface area contributed by atoms with Gasteiger partial charge in [0.1, 0.15) is 6.10 Å². The molecule has 1 atom stereocenters. The second-order valence-electron chi connectivity index (χ2n) is 5.28. The third-order valence-electron chi connectivity index (χ3n) is 3.56. The molecule has 0 amide bonds. The Bertz CT molecular complexity index is 805. The molecule has 5 nitrogen and oxygen atoms in total. The standard InChI is InChI=1S/C18H18N4O/c1-12(13-4-2-6-16(19)8-13)23-17-9-15(11-22-18(17)20)14-5-3-7-21-10-14/h2-12H,19H2,1H3,(H2,20,22)/t12-/m1/s1. The molecule has 0 unspecified atom stereocenters. The second kappa shape index (κ2) is 6.36. The van der Waals surface area contributed by atoms with E-state index in [9.17, 15) is 0 Å². The average molecular weight is 306 g/mol. The van der Waals surface area contributed by atoms with Gasteiger partial charge in [-0.2, -0.15) is 0 Å². The Kier molecular flexibility index (Phi) is 4.10. The van der Waals surface area contributed by atoms with E-state index < -0.39 is 0 Å². The number of ether oxygens (including phenoxy) is 1. The number of pyridine rings is 2. The van der Waals surface area contributed by atoms with Crippen LogP contribution in [-0.4, -0.2) is 9.97 Å². The molecule has 0 saturated carbocycles. The first-order chi connectivity index (χ1) is 11.1. The Morgan fingerprint density at radius 2 is 1.87 bits per heavy atom. The molecule has 5 heteroatoms. The molecule has 0 aliphatic rings. The Morgan fingerprint density at radius 3 is 2.61 bits per heavy atom. The summed E-state index contributed by atoms with van der Waals surface area (Å²) in [5, 5.41) is 0. The molecule has 2 heterocycles. The number of anilines is 2. The molecular formula is C18H18N4O. The monoisotopic (exact) mass is 306 g/mol. The Balaban J connectivity index is 1.88. The van der Waals surface area contributed by atoms with E-state index in [1.165, 1.54) is 0 Å². The van der Waals surface area contributed by atoms with Gasteiger partial charge in [0.25, 0.3) is 0 Å². The molecule has 3 aromatic rings. The molecule has 0 aliphatic carbocycles. The van der Waals surface area contributed by atoms with Crippen LogP contribution < -0.4 is 16.2 Å². The maximum Gasteiger partial charge on any atom is 0.166 e. The number of aromatic nitrogens is 2. The number of hydrogen-bond acceptors (Lipinski definition) is 5. The van der Waals surface area contributed by atoms with Crippen molar-refractivity contribution in [2.75, 3.05) is 11.5 Å². The summed E-state index contributed by atoms with van der Waals surface area (Å²) in [6.07, 6.45) is 5.03. The van der Waals surface area contributed by atoms with Gasteiger partial charge >= 0.3 is 0 Å². The predicted octanol–water partition coefficient (Wildman–Crippen LogP) is 3.45. The van der Waals surface area contributed by atoms with Crippen molar-refractivity contribution >= 4 is 11.5 Å². The number of nitrogen functional groups attached to an aromatic ring is 2. The zero-order valence-electron chi connectivity index (χ0n) is 12.8. The minimum atomic E-state index is -0.188. The van der Waals surface area contributed by atoms with Gasteiger partial charge in [0.15, 0.2) is 11.6 Å². The van der Waals surface area contributed by atoms with Crippen LogP contribution in [-0.2, 0) is 0 Å². The molecular weight excluding hydrogens is 288 g/mol. The first kappa shape index (κ1) is 14.8. The molecule has 4 N–H and O–H groups in total. The molecule has 0 bridgehead atoms. The molecule has 116 valence electrons. The van der Waals surface area contributed by atoms with Crippen molar-refractivity contribution < 1.29 is 4.74 Å². The maximum atomic E-state index is 5.98. The molecule has 1 aromatic carbocycles. The lowest BCUT2D eigenvalue weighted by atomic mass is 10.1. The summed E-state index contributed by atoms with van der Waals surface area (Å²) in [5.74, 6) is 0.898. The zero-order valence-corrected chi connectivity index (χ0v) is 12.8. The Labute approximate surface area is 135 Å². The SMILES string of the molecule is C[C@@H](Oc1cc(-c2cccnc2)cnc1N)c1cccc(N)c1. The first-order valence-corrected chi connectivity index (χ1v) is 7.31. The van der Waals surface area contributed by atoms with Crippen molar-refractivity contribution in [1.29, 1.82) is 0 Å². The van der Waals surface area contributed by atoms with Crippen LogP contribution in [0.4, 0.5) is 11.5 Å². The van der Waals surface area contributed by atoms with E-state index >= 15 is 0 Å². The van der Waals surface area contributed by atoms with Crippen molar-refractivity contribution in [3.8, 4) is 16.9 Å². The second-order valence-corrected chi connectivity index (χ2v) is 5.28. The van der Waals surface area contributed by atoms with Crippen LogP contribution >= 0.6 is 0 Å². The molecule has 0 aliphatic heterocycles. The number of benzene rings is 1. The van der Waals surface area contributed by atoms with Crippen LogP contribution in [0.3, 0.4) is 0 Å². The van der Waals surface area contributed by atoms with Crippen LogP contribution in [0.1, 0.15) is 18.6 Å². The van der Waals surface area contributed by atoms with E-state index in [0.717, 1.165) is 16.7 Å². The van der Waals surface area contributed by atoms with Crippen LogP contribution in [0.25, 0.3) is 11.1 Å². The third-order valence-corrected chi connectivity index (χ3v) is 3.56. The average Bonchev–Trinajstić information content (AvgIpc) is 2.57. The number of hydrogen-bond donors (Lipinski definition) is 2. The summed E-state index contributed by atoms with van der Waals surface area (Å²) < 4.78 is 5.98. The van der Waals surface area contributed by atoms with Crippen molar-refractivity contribution in [3.05, 3.63) is 66.6 Å². The van der Waals surface area contributed by atoms with Gasteiger partial charge < -0.3 is 16.2 Å². The quantitative estimate of drug-likeness (QED) is 0.721. The summed E-state index contributed by atoms with van der Waals surface area (Å²) in [4.78, 5) is 8.34. The van der Waals surface area contributed by atoms with E-state index in [2.05, 4.69) is 9.97 Å². The van der Waals surface area contributed by atoms with Gasteiger partial charge in [-0.25, -0.2) is 4.98 Å². The zero-order chi connectivity index (χ0) is 16.2. The maximum absolute atomic E-state index is 5.98. The summed E-state index contributed by atoms with van der Waals surface area (Å²) in [5.41, 5.74) is 15.3. The Hall–Kier alpha value is -3.08. The van der Waals surface area contributed by atoms with E-state index in [4.69, 9.17) is 16.2 Å². The topological polar surface area (TPSA) is 87.0 Å². The minimum absolute atomic E-state index is 0.188. The summed E-state index contributed by atoms with van der Waals surface area (Å²) in [6.45, 7) is 1.95. The molecule has 0 radical (unpaired) electrons. The predicted molar refractivity (Wildman–Crippen MR) is 91.8 cm³/mol. The fraction of sp³-hybridized carbons (Fsp3) is 0.111. The van der Waals surface area contributed by atoms with Gasteiger partial charge in [-0.3, -0.25) is 4.98 Å². The smallest absolute Gasteiger partial charge is 0.166 e. The van der Waals surface area contributed by atoms with Gasteiger partial charge in [0, 0.05) is 35.4 Å². The first-order valence-electron chi connectivity index (χ1n) is 7.31. The van der Waals surface area contributed by atoms with E-state index in [0.29, 0.717) is 17.3 Å². The third kappa shape index (κ3) is 3.40. The summed E-state index contributed by atoms with van der Waals surface area (Å²) in [7, 11) is 0. The Morgan fingerprint density at radius 1 is 1.00 bits per heavy atom. The normalized spacial score (nSPS) is 11.9. The fourth-order valence-corrected chi connectivity index (χ4v) is 2.31. The highest BCUT2D eigenvalue weighted by Crippen LogP contribution is 2.30. The molecule has 23 heavy (non-hydrogen) atoms. The van der Waals surface area contributed by atoms with Gasteiger partial charge in [0.05, 0.1) is 0 Å². The molecule has 0 fully saturated rings. The van der Waals surface area contributed by atoms with Crippen molar-refractivity contribution in [1.82, 2.24) is 9.97 Å². The van der Waals surface area contributed by atoms with Crippen molar-refractivity contribution in [3.63, 3.8) is 0 Å². The van der Waals surface area contributed by atoms with Crippen LogP contribution in [0.15, 0.2) is 61.1 Å². The summed E-state index contributed by atoms with van der Waals surface area (Å²) >= 11 is 0. The largest absolute Gasteiger partial charge is 0.482 e. The van der Waals surface area contributed by atoms with Crippen LogP contribution in [0.2, 0.25) is 0 Å². The highest BCUT2D eigenvalue weighted by molar-refractivity contribution is 5.66. The van der Waals surface area contributed by atoms with Crippen molar-refractivity contribution in [2.24, 2.45) is 0 Å². The van der Waals surface area contributed by atoms with E-state index in [-0.39, 0.29) is 6.10 Å². The molecule has 2 aromatic heterocycles. The lowest BCUT2D eigenvalue weighted by molar-refractivity contribution is 0.228. The molecule has 0 saturated heterocycles. The molecule has 0 spiro atoms. The van der Waals surface area contributed by atoms with E-state index in [1.54, 1.807) is 18.6 Å². The van der Waals surface area contributed by atoms with E-state index in [1.807, 2.05) is 49.4 Å². The fourth-order valence-electron chi connectivity index (χ4n) is 2.31. The van der Waals surface area contributed by atoms with Gasteiger partial charge in [0.2, 0.25) is 0 Å². The van der Waals surface area contributed by atoms with Crippen LogP contribution in [0.5, 0.6) is 5.75 Å². The van der Waals surface area contributed by atoms with Gasteiger partial charge in [-0.15, -0.1) is 0 Å². The van der Waals surface area contributed by atoms with Crippen LogP contribution in [0, 0.1) is 0 Å². The highest BCUT2D eigenvalue weighted by atomic mass is 16.5. The number of rotatable bonds is 4. The minimum Gasteiger partial charge on any atom is -0.482 e.